The Morgan fingerprint density at radius 3 is 2.61 bits per heavy atom. The molecule has 1 aliphatic rings. The predicted molar refractivity (Wildman–Crippen MR) is 89.0 cm³/mol. The van der Waals surface area contributed by atoms with E-state index in [1.54, 1.807) is 17.0 Å². The van der Waals surface area contributed by atoms with Crippen molar-refractivity contribution in [1.29, 1.82) is 0 Å². The third kappa shape index (κ3) is 4.23. The van der Waals surface area contributed by atoms with Crippen molar-refractivity contribution in [3.63, 3.8) is 0 Å². The normalized spacial score (nSPS) is 17.8. The molecule has 2 rings (SSSR count). The number of carbonyl (C=O) groups excluding carboxylic acids is 2. The zero-order valence-corrected chi connectivity index (χ0v) is 13.6. The summed E-state index contributed by atoms with van der Waals surface area (Å²) >= 11 is 0. The Hall–Kier alpha value is -2.53. The Morgan fingerprint density at radius 1 is 1.39 bits per heavy atom. The number of amides is 2. The van der Waals surface area contributed by atoms with Crippen molar-refractivity contribution < 1.29 is 9.59 Å². The molecule has 1 saturated heterocycles. The van der Waals surface area contributed by atoms with E-state index in [2.05, 4.69) is 15.3 Å². The van der Waals surface area contributed by atoms with E-state index in [-0.39, 0.29) is 17.7 Å². The Balaban J connectivity index is 2.04. The molecule has 1 unspecified atom stereocenters. The molecule has 1 N–H and O–H groups in total. The van der Waals surface area contributed by atoms with Crippen LogP contribution in [0.4, 0.5) is 11.4 Å². The van der Waals surface area contributed by atoms with Gasteiger partial charge in [0.05, 0.1) is 0 Å². The average Bonchev–Trinajstić information content (AvgIpc) is 2.86. The summed E-state index contributed by atoms with van der Waals surface area (Å²) in [4.78, 5) is 28.4. The summed E-state index contributed by atoms with van der Waals surface area (Å²) in [6, 6.07) is 7.19. The van der Waals surface area contributed by atoms with Crippen molar-refractivity contribution in [3.8, 4) is 0 Å². The van der Waals surface area contributed by atoms with Gasteiger partial charge in [0.25, 0.3) is 0 Å². The number of azide groups is 1. The highest BCUT2D eigenvalue weighted by Gasteiger charge is 2.30. The lowest BCUT2D eigenvalue weighted by molar-refractivity contribution is -0.123. The molecule has 1 heterocycles. The molecule has 2 amide bonds. The Morgan fingerprint density at radius 2 is 2.04 bits per heavy atom. The van der Waals surface area contributed by atoms with Gasteiger partial charge in [-0.25, -0.2) is 0 Å². The predicted octanol–water partition coefficient (Wildman–Crippen LogP) is 3.33. The molecule has 1 aliphatic heterocycles. The standard InChI is InChI=1S/C16H21N5O2/c1-16(2,3)15(23)19-12-4-6-13(7-5-12)21-10-11(8-14(21)22)9-18-20-17/h4-7,11H,8-10H2,1-3H3,(H,19,23). The highest BCUT2D eigenvalue weighted by atomic mass is 16.2. The maximum atomic E-state index is 12.1. The lowest BCUT2D eigenvalue weighted by atomic mass is 9.95. The zero-order chi connectivity index (χ0) is 17.0. The highest BCUT2D eigenvalue weighted by molar-refractivity contribution is 5.97. The monoisotopic (exact) mass is 315 g/mol. The fraction of sp³-hybridized carbons (Fsp3) is 0.500. The molecule has 1 aromatic carbocycles. The van der Waals surface area contributed by atoms with E-state index >= 15 is 0 Å². The first-order chi connectivity index (χ1) is 10.8. The Bertz CT molecular complexity index is 641. The molecule has 0 bridgehead atoms. The van der Waals surface area contributed by atoms with Crippen LogP contribution in [0.2, 0.25) is 0 Å². The quantitative estimate of drug-likeness (QED) is 0.523. The maximum Gasteiger partial charge on any atom is 0.229 e. The summed E-state index contributed by atoms with van der Waals surface area (Å²) in [7, 11) is 0. The van der Waals surface area contributed by atoms with Crippen LogP contribution in [0.15, 0.2) is 29.4 Å². The third-order valence-electron chi connectivity index (χ3n) is 3.73. The summed E-state index contributed by atoms with van der Waals surface area (Å²) in [6.45, 7) is 6.43. The molecule has 1 fully saturated rings. The number of benzene rings is 1. The number of carbonyl (C=O) groups is 2. The van der Waals surface area contributed by atoms with Gasteiger partial charge in [-0.1, -0.05) is 25.9 Å². The maximum absolute atomic E-state index is 12.1. The smallest absolute Gasteiger partial charge is 0.229 e. The molecule has 0 saturated carbocycles. The van der Waals surface area contributed by atoms with Gasteiger partial charge in [-0.15, -0.1) is 0 Å². The summed E-state index contributed by atoms with van der Waals surface area (Å²) in [5.41, 5.74) is 9.38. The third-order valence-corrected chi connectivity index (χ3v) is 3.73. The first-order valence-corrected chi connectivity index (χ1v) is 7.54. The van der Waals surface area contributed by atoms with Crippen LogP contribution in [-0.4, -0.2) is 24.9 Å². The number of anilines is 2. The number of rotatable bonds is 4. The largest absolute Gasteiger partial charge is 0.326 e. The van der Waals surface area contributed by atoms with Crippen LogP contribution in [0.1, 0.15) is 27.2 Å². The van der Waals surface area contributed by atoms with E-state index in [0.29, 0.717) is 25.2 Å². The number of hydrogen-bond donors (Lipinski definition) is 1. The summed E-state index contributed by atoms with van der Waals surface area (Å²) in [5, 5.41) is 6.39. The first-order valence-electron chi connectivity index (χ1n) is 7.54. The van der Waals surface area contributed by atoms with Crippen LogP contribution >= 0.6 is 0 Å². The molecule has 0 radical (unpaired) electrons. The van der Waals surface area contributed by atoms with Crippen molar-refractivity contribution in [1.82, 2.24) is 0 Å². The van der Waals surface area contributed by atoms with E-state index in [1.807, 2.05) is 32.9 Å². The van der Waals surface area contributed by atoms with Gasteiger partial charge in [-0.3, -0.25) is 9.59 Å². The van der Waals surface area contributed by atoms with Gasteiger partial charge in [0, 0.05) is 41.2 Å². The highest BCUT2D eigenvalue weighted by Crippen LogP contribution is 2.27. The van der Waals surface area contributed by atoms with Gasteiger partial charge >= 0.3 is 0 Å². The van der Waals surface area contributed by atoms with E-state index in [4.69, 9.17) is 5.53 Å². The van der Waals surface area contributed by atoms with E-state index < -0.39 is 5.41 Å². The second-order valence-electron chi connectivity index (χ2n) is 6.74. The van der Waals surface area contributed by atoms with E-state index in [9.17, 15) is 9.59 Å². The van der Waals surface area contributed by atoms with Crippen molar-refractivity contribution in [2.75, 3.05) is 23.3 Å². The molecule has 1 aromatic rings. The molecule has 7 nitrogen and oxygen atoms in total. The van der Waals surface area contributed by atoms with Crippen LogP contribution in [0, 0.1) is 11.3 Å². The van der Waals surface area contributed by atoms with Crippen molar-refractivity contribution >= 4 is 23.2 Å². The second kappa shape index (κ2) is 6.71. The molecular weight excluding hydrogens is 294 g/mol. The minimum atomic E-state index is -0.460. The number of nitrogens with zero attached hydrogens (tertiary/aromatic N) is 4. The van der Waals surface area contributed by atoms with Gasteiger partial charge in [-0.05, 0) is 35.7 Å². The fourth-order valence-electron chi connectivity index (χ4n) is 2.35. The minimum Gasteiger partial charge on any atom is -0.326 e. The zero-order valence-electron chi connectivity index (χ0n) is 13.6. The Kier molecular flexibility index (Phi) is 4.91. The summed E-state index contributed by atoms with van der Waals surface area (Å²) in [5.74, 6) is 0.0187. The SMILES string of the molecule is CC(C)(C)C(=O)Nc1ccc(N2CC(CN=[N+]=[N-])CC2=O)cc1. The lowest BCUT2D eigenvalue weighted by Gasteiger charge is -2.19. The summed E-state index contributed by atoms with van der Waals surface area (Å²) < 4.78 is 0. The number of hydrogen-bond acceptors (Lipinski definition) is 3. The minimum absolute atomic E-state index is 0.0228. The molecule has 1 atom stereocenters. The van der Waals surface area contributed by atoms with Crippen molar-refractivity contribution in [3.05, 3.63) is 34.7 Å². The van der Waals surface area contributed by atoms with Gasteiger partial charge in [-0.2, -0.15) is 0 Å². The topological polar surface area (TPSA) is 98.2 Å². The molecular formula is C16H21N5O2. The van der Waals surface area contributed by atoms with Gasteiger partial charge in [0.15, 0.2) is 0 Å². The molecule has 0 aliphatic carbocycles. The van der Waals surface area contributed by atoms with Gasteiger partial charge < -0.3 is 10.2 Å². The van der Waals surface area contributed by atoms with Crippen LogP contribution in [-0.2, 0) is 9.59 Å². The first kappa shape index (κ1) is 16.8. The molecule has 7 heteroatoms. The van der Waals surface area contributed by atoms with Gasteiger partial charge in [0.1, 0.15) is 0 Å². The fourth-order valence-corrected chi connectivity index (χ4v) is 2.35. The molecule has 0 aromatic heterocycles. The molecule has 122 valence electrons. The number of nitrogens with one attached hydrogen (secondary N) is 1. The Labute approximate surface area is 135 Å². The summed E-state index contributed by atoms with van der Waals surface area (Å²) in [6.07, 6.45) is 0.390. The van der Waals surface area contributed by atoms with E-state index in [1.165, 1.54) is 0 Å². The van der Waals surface area contributed by atoms with Crippen LogP contribution in [0.5, 0.6) is 0 Å². The van der Waals surface area contributed by atoms with Crippen LogP contribution in [0.25, 0.3) is 10.4 Å². The van der Waals surface area contributed by atoms with Crippen molar-refractivity contribution in [2.24, 2.45) is 16.4 Å². The van der Waals surface area contributed by atoms with E-state index in [0.717, 1.165) is 5.69 Å². The van der Waals surface area contributed by atoms with Crippen LogP contribution < -0.4 is 10.2 Å². The molecule has 23 heavy (non-hydrogen) atoms. The van der Waals surface area contributed by atoms with Gasteiger partial charge in [0.2, 0.25) is 11.8 Å². The molecule has 0 spiro atoms. The van der Waals surface area contributed by atoms with Crippen molar-refractivity contribution in [2.45, 2.75) is 27.2 Å². The lowest BCUT2D eigenvalue weighted by Crippen LogP contribution is -2.27. The van der Waals surface area contributed by atoms with Crippen LogP contribution in [0.3, 0.4) is 0 Å². The average molecular weight is 315 g/mol. The second-order valence-corrected chi connectivity index (χ2v) is 6.74.